The summed E-state index contributed by atoms with van der Waals surface area (Å²) in [6.45, 7) is 5.76. The third kappa shape index (κ3) is 4.94. The molecule has 0 unspecified atom stereocenters. The second-order valence-electron chi connectivity index (χ2n) is 7.76. The topological polar surface area (TPSA) is 60.6 Å². The van der Waals surface area contributed by atoms with Gasteiger partial charge in [-0.1, -0.05) is 30.3 Å². The molecule has 1 aromatic heterocycles. The van der Waals surface area contributed by atoms with Crippen LogP contribution in [0.5, 0.6) is 5.75 Å². The minimum Gasteiger partial charge on any atom is -0.495 e. The molecule has 2 heterocycles. The lowest BCUT2D eigenvalue weighted by molar-refractivity contribution is -0.120. The van der Waals surface area contributed by atoms with Gasteiger partial charge in [0, 0.05) is 43.9 Å². The van der Waals surface area contributed by atoms with Gasteiger partial charge in [-0.3, -0.25) is 9.69 Å². The second kappa shape index (κ2) is 9.67. The van der Waals surface area contributed by atoms with E-state index in [4.69, 9.17) is 4.74 Å². The molecule has 30 heavy (non-hydrogen) atoms. The van der Waals surface area contributed by atoms with Gasteiger partial charge in [-0.25, -0.2) is 0 Å². The van der Waals surface area contributed by atoms with Gasteiger partial charge in [-0.15, -0.1) is 0 Å². The van der Waals surface area contributed by atoms with Crippen LogP contribution in [0.25, 0.3) is 10.9 Å². The zero-order chi connectivity index (χ0) is 20.8. The molecule has 0 spiro atoms. The van der Waals surface area contributed by atoms with Crippen molar-refractivity contribution in [1.82, 2.24) is 15.2 Å². The number of nitrogens with one attached hydrogen (secondary N) is 2. The Morgan fingerprint density at radius 1 is 1.07 bits per heavy atom. The number of carbonyl (C=O) groups excluding carboxylic acids is 1. The van der Waals surface area contributed by atoms with Crippen molar-refractivity contribution in [1.29, 1.82) is 0 Å². The maximum Gasteiger partial charge on any atom is 0.225 e. The normalized spacial score (nSPS) is 14.8. The quantitative estimate of drug-likeness (QED) is 0.565. The Morgan fingerprint density at radius 3 is 2.63 bits per heavy atom. The van der Waals surface area contributed by atoms with Crippen molar-refractivity contribution in [3.8, 4) is 5.75 Å². The van der Waals surface area contributed by atoms with Crippen LogP contribution < -0.4 is 15.0 Å². The van der Waals surface area contributed by atoms with Crippen molar-refractivity contribution in [2.45, 2.75) is 12.8 Å². The maximum absolute atomic E-state index is 12.2. The van der Waals surface area contributed by atoms with Gasteiger partial charge in [0.25, 0.3) is 0 Å². The molecule has 4 rings (SSSR count). The first-order valence-electron chi connectivity index (χ1n) is 10.7. The molecule has 1 aliphatic heterocycles. The molecule has 0 bridgehead atoms. The highest BCUT2D eigenvalue weighted by molar-refractivity contribution is 5.84. The summed E-state index contributed by atoms with van der Waals surface area (Å²) >= 11 is 0. The van der Waals surface area contributed by atoms with E-state index in [0.717, 1.165) is 61.5 Å². The van der Waals surface area contributed by atoms with Gasteiger partial charge in [0.15, 0.2) is 0 Å². The summed E-state index contributed by atoms with van der Waals surface area (Å²) in [5.41, 5.74) is 3.21. The van der Waals surface area contributed by atoms with Crippen LogP contribution in [-0.2, 0) is 11.2 Å². The number of aromatic amines is 1. The fourth-order valence-corrected chi connectivity index (χ4v) is 4.10. The Kier molecular flexibility index (Phi) is 6.54. The monoisotopic (exact) mass is 406 g/mol. The summed E-state index contributed by atoms with van der Waals surface area (Å²) in [4.78, 5) is 20.4. The molecular formula is C24H30N4O2. The minimum atomic E-state index is 0.0718. The molecule has 0 aliphatic carbocycles. The van der Waals surface area contributed by atoms with E-state index < -0.39 is 0 Å². The maximum atomic E-state index is 12.2. The average molecular weight is 407 g/mol. The first-order valence-corrected chi connectivity index (χ1v) is 10.7. The predicted octanol–water partition coefficient (Wildman–Crippen LogP) is 3.05. The molecular weight excluding hydrogens is 376 g/mol. The second-order valence-corrected chi connectivity index (χ2v) is 7.76. The number of methoxy groups -OCH3 is 1. The minimum absolute atomic E-state index is 0.0718. The Balaban J connectivity index is 1.15. The molecule has 3 aromatic rings. The molecule has 0 saturated carbocycles. The van der Waals surface area contributed by atoms with Crippen LogP contribution in [0.3, 0.4) is 0 Å². The highest BCUT2D eigenvalue weighted by Crippen LogP contribution is 2.28. The fraction of sp³-hybridized carbons (Fsp3) is 0.375. The standard InChI is InChI=1S/C24H30N4O2/c1-30-23-10-5-4-9-22(23)28-15-13-27(14-16-28)12-6-11-25-24(29)18-20-17-19-7-2-3-8-21(19)26-20/h2-5,7-10,17,26H,6,11-16,18H2,1H3,(H,25,29). The Labute approximate surface area is 177 Å². The lowest BCUT2D eigenvalue weighted by Crippen LogP contribution is -2.47. The van der Waals surface area contributed by atoms with Crippen LogP contribution in [0.1, 0.15) is 12.1 Å². The Morgan fingerprint density at radius 2 is 1.83 bits per heavy atom. The number of ether oxygens (including phenoxy) is 1. The molecule has 1 aliphatic rings. The van der Waals surface area contributed by atoms with Crippen molar-refractivity contribution in [3.63, 3.8) is 0 Å². The Hall–Kier alpha value is -2.99. The third-order valence-corrected chi connectivity index (χ3v) is 5.71. The molecule has 2 aromatic carbocycles. The number of hydrogen-bond donors (Lipinski definition) is 2. The SMILES string of the molecule is COc1ccccc1N1CCN(CCCNC(=O)Cc2cc3ccccc3[nH]2)CC1. The molecule has 6 heteroatoms. The van der Waals surface area contributed by atoms with Gasteiger partial charge < -0.3 is 19.9 Å². The van der Waals surface area contributed by atoms with Gasteiger partial charge in [0.1, 0.15) is 5.75 Å². The van der Waals surface area contributed by atoms with E-state index in [1.165, 1.54) is 5.69 Å². The number of para-hydroxylation sites is 3. The fourth-order valence-electron chi connectivity index (χ4n) is 4.10. The molecule has 158 valence electrons. The summed E-state index contributed by atoms with van der Waals surface area (Å²) in [5, 5.41) is 4.20. The molecule has 1 amide bonds. The highest BCUT2D eigenvalue weighted by atomic mass is 16.5. The van der Waals surface area contributed by atoms with Crippen molar-refractivity contribution in [2.24, 2.45) is 0 Å². The smallest absolute Gasteiger partial charge is 0.225 e. The van der Waals surface area contributed by atoms with Crippen LogP contribution >= 0.6 is 0 Å². The van der Waals surface area contributed by atoms with Crippen LogP contribution in [0, 0.1) is 0 Å². The van der Waals surface area contributed by atoms with E-state index in [1.54, 1.807) is 7.11 Å². The van der Waals surface area contributed by atoms with E-state index in [1.807, 2.05) is 30.3 Å². The van der Waals surface area contributed by atoms with Crippen LogP contribution in [0.15, 0.2) is 54.6 Å². The molecule has 1 saturated heterocycles. The lowest BCUT2D eigenvalue weighted by Gasteiger charge is -2.36. The number of aromatic nitrogens is 1. The number of benzene rings is 2. The number of hydrogen-bond acceptors (Lipinski definition) is 4. The number of amides is 1. The van der Waals surface area contributed by atoms with Gasteiger partial charge >= 0.3 is 0 Å². The third-order valence-electron chi connectivity index (χ3n) is 5.71. The van der Waals surface area contributed by atoms with Crippen molar-refractivity contribution in [2.75, 3.05) is 51.3 Å². The van der Waals surface area contributed by atoms with Crippen molar-refractivity contribution < 1.29 is 9.53 Å². The summed E-state index contributed by atoms with van der Waals surface area (Å²) < 4.78 is 5.49. The van der Waals surface area contributed by atoms with Gasteiger partial charge in [0.05, 0.1) is 19.2 Å². The molecule has 0 radical (unpaired) electrons. The van der Waals surface area contributed by atoms with Gasteiger partial charge in [-0.05, 0) is 42.6 Å². The number of fused-ring (bicyclic) bond motifs is 1. The number of rotatable bonds is 8. The molecule has 0 atom stereocenters. The van der Waals surface area contributed by atoms with Crippen LogP contribution in [0.4, 0.5) is 5.69 Å². The lowest BCUT2D eigenvalue weighted by atomic mass is 10.2. The number of anilines is 1. The first kappa shape index (κ1) is 20.3. The van der Waals surface area contributed by atoms with E-state index in [2.05, 4.69) is 44.4 Å². The number of nitrogens with zero attached hydrogens (tertiary/aromatic N) is 2. The number of piperazine rings is 1. The van der Waals surface area contributed by atoms with Gasteiger partial charge in [0.2, 0.25) is 5.91 Å². The number of H-pyrrole nitrogens is 1. The predicted molar refractivity (Wildman–Crippen MR) is 121 cm³/mol. The van der Waals surface area contributed by atoms with Crippen molar-refractivity contribution in [3.05, 3.63) is 60.3 Å². The van der Waals surface area contributed by atoms with E-state index in [0.29, 0.717) is 13.0 Å². The zero-order valence-electron chi connectivity index (χ0n) is 17.6. The average Bonchev–Trinajstić information content (AvgIpc) is 3.19. The van der Waals surface area contributed by atoms with Crippen LogP contribution in [0.2, 0.25) is 0 Å². The van der Waals surface area contributed by atoms with E-state index in [-0.39, 0.29) is 5.91 Å². The first-order chi connectivity index (χ1) is 14.7. The van der Waals surface area contributed by atoms with E-state index in [9.17, 15) is 4.79 Å². The summed E-state index contributed by atoms with van der Waals surface area (Å²) in [5.74, 6) is 1.01. The summed E-state index contributed by atoms with van der Waals surface area (Å²) in [6, 6.07) is 18.3. The largest absolute Gasteiger partial charge is 0.495 e. The Bertz CT molecular complexity index is 943. The molecule has 1 fully saturated rings. The number of carbonyl (C=O) groups is 1. The molecule has 6 nitrogen and oxygen atoms in total. The van der Waals surface area contributed by atoms with E-state index >= 15 is 0 Å². The summed E-state index contributed by atoms with van der Waals surface area (Å²) in [7, 11) is 1.72. The molecule has 2 N–H and O–H groups in total. The summed E-state index contributed by atoms with van der Waals surface area (Å²) in [6.07, 6.45) is 1.36. The highest BCUT2D eigenvalue weighted by Gasteiger charge is 2.19. The van der Waals surface area contributed by atoms with Crippen molar-refractivity contribution >= 4 is 22.5 Å². The zero-order valence-corrected chi connectivity index (χ0v) is 17.6. The van der Waals surface area contributed by atoms with Crippen LogP contribution in [-0.4, -0.2) is 62.2 Å². The van der Waals surface area contributed by atoms with Gasteiger partial charge in [-0.2, -0.15) is 0 Å².